The average molecular weight is 220 g/mol. The number of nitrogens with zero attached hydrogens (tertiary/aromatic N) is 2. The summed E-state index contributed by atoms with van der Waals surface area (Å²) in [6, 6.07) is 10.2. The van der Waals surface area contributed by atoms with E-state index in [-0.39, 0.29) is 0 Å². The van der Waals surface area contributed by atoms with Gasteiger partial charge in [0, 0.05) is 23.2 Å². The van der Waals surface area contributed by atoms with Crippen molar-refractivity contribution in [2.75, 3.05) is 0 Å². The highest BCUT2D eigenvalue weighted by Gasteiger charge is 2.10. The second-order valence-electron chi connectivity index (χ2n) is 4.04. The maximum atomic E-state index is 5.11. The molecule has 0 saturated carbocycles. The average Bonchev–Trinajstić information content (AvgIpc) is 2.89. The Bertz CT molecular complexity index is 779. The Labute approximate surface area is 96.7 Å². The first kappa shape index (κ1) is 8.70. The second kappa shape index (κ2) is 3.04. The van der Waals surface area contributed by atoms with E-state index >= 15 is 0 Å². The molecule has 0 bridgehead atoms. The number of benzene rings is 2. The van der Waals surface area contributed by atoms with Crippen LogP contribution in [0, 0.1) is 0 Å². The number of pyridine rings is 1. The summed E-state index contributed by atoms with van der Waals surface area (Å²) < 4.78 is 5.11. The smallest absolute Gasteiger partial charge is 0.132 e. The molecule has 3 nitrogen and oxygen atoms in total. The van der Waals surface area contributed by atoms with Crippen molar-refractivity contribution in [3.05, 3.63) is 49.0 Å². The summed E-state index contributed by atoms with van der Waals surface area (Å²) in [4.78, 5) is 4.20. The van der Waals surface area contributed by atoms with Crippen LogP contribution in [0.15, 0.2) is 53.5 Å². The number of aromatic nitrogens is 2. The molecule has 3 heteroatoms. The van der Waals surface area contributed by atoms with Crippen LogP contribution in [-0.2, 0) is 0 Å². The van der Waals surface area contributed by atoms with E-state index in [1.807, 2.05) is 24.4 Å². The Hall–Kier alpha value is -2.42. The molecule has 80 valence electrons. The molecule has 2 aromatic heterocycles. The number of fused-ring (bicyclic) bond motifs is 6. The topological polar surface area (TPSA) is 38.9 Å². The van der Waals surface area contributed by atoms with Gasteiger partial charge in [-0.2, -0.15) is 0 Å². The summed E-state index contributed by atoms with van der Waals surface area (Å²) in [6.07, 6.45) is 5.39. The van der Waals surface area contributed by atoms with Gasteiger partial charge in [-0.3, -0.25) is 4.98 Å². The van der Waals surface area contributed by atoms with E-state index in [1.54, 1.807) is 12.5 Å². The molecule has 0 aliphatic heterocycles. The fourth-order valence-electron chi connectivity index (χ4n) is 2.39. The lowest BCUT2D eigenvalue weighted by Gasteiger charge is -2.03. The van der Waals surface area contributed by atoms with Gasteiger partial charge in [0.2, 0.25) is 0 Å². The summed E-state index contributed by atoms with van der Waals surface area (Å²) >= 11 is 0. The van der Waals surface area contributed by atoms with Gasteiger partial charge < -0.3 is 4.52 Å². The van der Waals surface area contributed by atoms with Crippen LogP contribution in [0.3, 0.4) is 0 Å². The van der Waals surface area contributed by atoms with Crippen LogP contribution in [0.4, 0.5) is 0 Å². The van der Waals surface area contributed by atoms with E-state index in [0.29, 0.717) is 0 Å². The fraction of sp³-hybridized carbons (Fsp3) is 0. The summed E-state index contributed by atoms with van der Waals surface area (Å²) in [7, 11) is 0. The van der Waals surface area contributed by atoms with Crippen molar-refractivity contribution in [2.45, 2.75) is 0 Å². The van der Waals surface area contributed by atoms with Gasteiger partial charge in [-0.05, 0) is 16.8 Å². The Kier molecular flexibility index (Phi) is 1.56. The van der Waals surface area contributed by atoms with E-state index in [9.17, 15) is 0 Å². The van der Waals surface area contributed by atoms with Crippen LogP contribution in [0.2, 0.25) is 0 Å². The molecular weight excluding hydrogens is 212 g/mol. The number of hydrogen-bond donors (Lipinski definition) is 0. The van der Waals surface area contributed by atoms with Crippen molar-refractivity contribution in [1.29, 1.82) is 0 Å². The van der Waals surface area contributed by atoms with Crippen molar-refractivity contribution >= 4 is 32.4 Å². The summed E-state index contributed by atoms with van der Waals surface area (Å²) in [6.45, 7) is 0. The van der Waals surface area contributed by atoms with Crippen LogP contribution >= 0.6 is 0 Å². The van der Waals surface area contributed by atoms with Crippen molar-refractivity contribution in [3.63, 3.8) is 0 Å². The predicted octanol–water partition coefficient (Wildman–Crippen LogP) is 3.53. The molecular formula is C14H8N2O. The zero-order valence-electron chi connectivity index (χ0n) is 8.92. The van der Waals surface area contributed by atoms with Gasteiger partial charge in [-0.1, -0.05) is 29.4 Å². The second-order valence-corrected chi connectivity index (χ2v) is 4.04. The standard InChI is InChI=1S/C14H8N2O/c1-2-4-11-9(3-1)12-7-15-6-5-10(12)13-8-17-16-14(11)13/h1-8H. The molecule has 0 spiro atoms. The molecule has 4 aromatic rings. The third kappa shape index (κ3) is 1.05. The van der Waals surface area contributed by atoms with E-state index in [1.165, 1.54) is 0 Å². The summed E-state index contributed by atoms with van der Waals surface area (Å²) in [5, 5.41) is 9.69. The SMILES string of the molecule is c1ccc2c(c1)c1cnccc1c1conc21. The van der Waals surface area contributed by atoms with Gasteiger partial charge in [0.15, 0.2) is 0 Å². The molecule has 2 heterocycles. The minimum absolute atomic E-state index is 0.916. The first-order chi connectivity index (χ1) is 8.45. The lowest BCUT2D eigenvalue weighted by molar-refractivity contribution is 0.429. The molecule has 2 aromatic carbocycles. The van der Waals surface area contributed by atoms with Gasteiger partial charge in [-0.25, -0.2) is 0 Å². The number of rotatable bonds is 0. The van der Waals surface area contributed by atoms with Crippen molar-refractivity contribution in [3.8, 4) is 0 Å². The van der Waals surface area contributed by atoms with Crippen molar-refractivity contribution in [2.24, 2.45) is 0 Å². The summed E-state index contributed by atoms with van der Waals surface area (Å²) in [5.74, 6) is 0. The molecule has 0 aliphatic carbocycles. The minimum Gasteiger partial charge on any atom is -0.363 e. The van der Waals surface area contributed by atoms with Crippen LogP contribution in [0.5, 0.6) is 0 Å². The Morgan fingerprint density at radius 3 is 2.59 bits per heavy atom. The van der Waals surface area contributed by atoms with Crippen molar-refractivity contribution in [1.82, 2.24) is 10.1 Å². The molecule has 0 saturated heterocycles. The fourth-order valence-corrected chi connectivity index (χ4v) is 2.39. The van der Waals surface area contributed by atoms with Gasteiger partial charge in [0.25, 0.3) is 0 Å². The Morgan fingerprint density at radius 1 is 0.824 bits per heavy atom. The molecule has 0 unspecified atom stereocenters. The van der Waals surface area contributed by atoms with Gasteiger partial charge in [-0.15, -0.1) is 0 Å². The third-order valence-corrected chi connectivity index (χ3v) is 3.15. The zero-order valence-corrected chi connectivity index (χ0v) is 8.92. The quantitative estimate of drug-likeness (QED) is 0.425. The maximum absolute atomic E-state index is 5.11. The van der Waals surface area contributed by atoms with Crippen molar-refractivity contribution < 1.29 is 4.52 Å². The first-order valence-electron chi connectivity index (χ1n) is 5.43. The van der Waals surface area contributed by atoms with Gasteiger partial charge >= 0.3 is 0 Å². The van der Waals surface area contributed by atoms with Gasteiger partial charge in [0.1, 0.15) is 11.8 Å². The lowest BCUT2D eigenvalue weighted by Crippen LogP contribution is -1.81. The molecule has 0 aliphatic rings. The van der Waals surface area contributed by atoms with E-state index < -0.39 is 0 Å². The highest BCUT2D eigenvalue weighted by Crippen LogP contribution is 2.33. The molecule has 0 amide bonds. The highest BCUT2D eigenvalue weighted by atomic mass is 16.5. The minimum atomic E-state index is 0.916. The predicted molar refractivity (Wildman–Crippen MR) is 66.8 cm³/mol. The molecule has 17 heavy (non-hydrogen) atoms. The molecule has 0 fully saturated rings. The molecule has 0 radical (unpaired) electrons. The van der Waals surface area contributed by atoms with E-state index in [0.717, 1.165) is 32.4 Å². The van der Waals surface area contributed by atoms with Gasteiger partial charge in [0.05, 0.1) is 5.39 Å². The van der Waals surface area contributed by atoms with Crippen LogP contribution in [0.25, 0.3) is 32.4 Å². The summed E-state index contributed by atoms with van der Waals surface area (Å²) in [5.41, 5.74) is 0.916. The molecule has 0 atom stereocenters. The maximum Gasteiger partial charge on any atom is 0.132 e. The lowest BCUT2D eigenvalue weighted by atomic mass is 10.0. The first-order valence-corrected chi connectivity index (χ1v) is 5.43. The normalized spacial score (nSPS) is 11.5. The number of hydrogen-bond acceptors (Lipinski definition) is 3. The third-order valence-electron chi connectivity index (χ3n) is 3.15. The van der Waals surface area contributed by atoms with E-state index in [4.69, 9.17) is 4.52 Å². The molecule has 0 N–H and O–H groups in total. The highest BCUT2D eigenvalue weighted by molar-refractivity contribution is 6.23. The molecule has 4 rings (SSSR count). The van der Waals surface area contributed by atoms with Crippen LogP contribution in [0.1, 0.15) is 0 Å². The Morgan fingerprint density at radius 2 is 1.65 bits per heavy atom. The largest absolute Gasteiger partial charge is 0.363 e. The van der Waals surface area contributed by atoms with Crippen LogP contribution in [-0.4, -0.2) is 10.1 Å². The Balaban J connectivity index is 2.48. The van der Waals surface area contributed by atoms with Crippen LogP contribution < -0.4 is 0 Å². The van der Waals surface area contributed by atoms with E-state index in [2.05, 4.69) is 22.3 Å². The monoisotopic (exact) mass is 220 g/mol. The zero-order chi connectivity index (χ0) is 11.2.